The number of aryl methyl sites for hydroxylation is 1. The zero-order valence-corrected chi connectivity index (χ0v) is 18.4. The quantitative estimate of drug-likeness (QED) is 0.456. The third-order valence-corrected chi connectivity index (χ3v) is 5.06. The summed E-state index contributed by atoms with van der Waals surface area (Å²) in [6, 6.07) is 17.3. The van der Waals surface area contributed by atoms with Crippen molar-refractivity contribution in [2.75, 3.05) is 0 Å². The topological polar surface area (TPSA) is 59.4 Å². The minimum atomic E-state index is -1.00. The van der Waals surface area contributed by atoms with Gasteiger partial charge < -0.3 is 9.84 Å². The van der Waals surface area contributed by atoms with Gasteiger partial charge in [-0.2, -0.15) is 0 Å². The molecule has 4 nitrogen and oxygen atoms in total. The standard InChI is InChI=1S/C24H24BrNO3/c1-15(2)11-22-20(17-7-9-18(25)10-8-17)13-21(24(27)28)23(26-22)14-29-19-6-4-5-16(3)12-19/h4-10,12-13,15H,11,14H2,1-3H3,(H,27,28). The summed E-state index contributed by atoms with van der Waals surface area (Å²) >= 11 is 3.45. The second kappa shape index (κ2) is 9.23. The molecule has 0 bridgehead atoms. The number of aromatic carboxylic acids is 1. The third kappa shape index (κ3) is 5.45. The molecule has 1 aromatic heterocycles. The molecule has 0 amide bonds. The number of ether oxygens (including phenoxy) is 1. The number of hydrogen-bond acceptors (Lipinski definition) is 3. The Hall–Kier alpha value is -2.66. The number of aromatic nitrogens is 1. The van der Waals surface area contributed by atoms with Crippen LogP contribution in [0.5, 0.6) is 5.75 Å². The molecule has 150 valence electrons. The summed E-state index contributed by atoms with van der Waals surface area (Å²) in [5, 5.41) is 9.79. The number of benzene rings is 2. The molecule has 0 aliphatic rings. The van der Waals surface area contributed by atoms with Crippen LogP contribution in [0, 0.1) is 12.8 Å². The van der Waals surface area contributed by atoms with E-state index in [9.17, 15) is 9.90 Å². The van der Waals surface area contributed by atoms with Gasteiger partial charge in [0.2, 0.25) is 0 Å². The molecule has 0 fully saturated rings. The Morgan fingerprint density at radius 3 is 2.45 bits per heavy atom. The van der Waals surface area contributed by atoms with Crippen LogP contribution in [0.1, 0.15) is 41.2 Å². The van der Waals surface area contributed by atoms with Gasteiger partial charge in [0, 0.05) is 15.7 Å². The smallest absolute Gasteiger partial charge is 0.337 e. The lowest BCUT2D eigenvalue weighted by atomic mass is 9.95. The molecule has 3 aromatic rings. The number of rotatable bonds is 7. The fraction of sp³-hybridized carbons (Fsp3) is 0.250. The summed E-state index contributed by atoms with van der Waals surface area (Å²) in [6.07, 6.45) is 0.753. The summed E-state index contributed by atoms with van der Waals surface area (Å²) in [7, 11) is 0. The maximum Gasteiger partial charge on any atom is 0.337 e. The molecule has 29 heavy (non-hydrogen) atoms. The van der Waals surface area contributed by atoms with E-state index in [2.05, 4.69) is 29.8 Å². The Morgan fingerprint density at radius 2 is 1.83 bits per heavy atom. The van der Waals surface area contributed by atoms with Crippen LogP contribution in [-0.4, -0.2) is 16.1 Å². The SMILES string of the molecule is Cc1cccc(OCc2nc(CC(C)C)c(-c3ccc(Br)cc3)cc2C(=O)O)c1. The van der Waals surface area contributed by atoms with Crippen LogP contribution in [0.25, 0.3) is 11.1 Å². The average molecular weight is 454 g/mol. The van der Waals surface area contributed by atoms with E-state index in [0.29, 0.717) is 17.4 Å². The second-order valence-electron chi connectivity index (χ2n) is 7.49. The van der Waals surface area contributed by atoms with Crippen LogP contribution in [0.4, 0.5) is 0 Å². The largest absolute Gasteiger partial charge is 0.487 e. The Balaban J connectivity index is 2.03. The van der Waals surface area contributed by atoms with Gasteiger partial charge in [-0.05, 0) is 60.7 Å². The highest BCUT2D eigenvalue weighted by Gasteiger charge is 2.19. The van der Waals surface area contributed by atoms with Crippen molar-refractivity contribution in [1.29, 1.82) is 0 Å². The van der Waals surface area contributed by atoms with Crippen molar-refractivity contribution in [3.63, 3.8) is 0 Å². The maximum absolute atomic E-state index is 12.0. The van der Waals surface area contributed by atoms with Gasteiger partial charge in [-0.15, -0.1) is 0 Å². The number of halogens is 1. The lowest BCUT2D eigenvalue weighted by molar-refractivity contribution is 0.0693. The number of carboxylic acid groups (broad SMARTS) is 1. The van der Waals surface area contributed by atoms with E-state index >= 15 is 0 Å². The normalized spacial score (nSPS) is 10.9. The molecule has 0 atom stereocenters. The lowest BCUT2D eigenvalue weighted by Gasteiger charge is -2.16. The minimum absolute atomic E-state index is 0.108. The molecular weight excluding hydrogens is 430 g/mol. The molecular formula is C24H24BrNO3. The first-order chi connectivity index (χ1) is 13.8. The third-order valence-electron chi connectivity index (χ3n) is 4.53. The van der Waals surface area contributed by atoms with Crippen LogP contribution in [-0.2, 0) is 13.0 Å². The number of nitrogens with zero attached hydrogens (tertiary/aromatic N) is 1. The molecule has 0 aliphatic heterocycles. The first-order valence-electron chi connectivity index (χ1n) is 9.55. The fourth-order valence-electron chi connectivity index (χ4n) is 3.17. The summed E-state index contributed by atoms with van der Waals surface area (Å²) in [4.78, 5) is 16.7. The molecule has 0 saturated heterocycles. The molecule has 0 saturated carbocycles. The van der Waals surface area contributed by atoms with Crippen LogP contribution in [0.3, 0.4) is 0 Å². The van der Waals surface area contributed by atoms with E-state index in [1.54, 1.807) is 6.07 Å². The van der Waals surface area contributed by atoms with Crippen LogP contribution in [0.2, 0.25) is 0 Å². The van der Waals surface area contributed by atoms with Crippen molar-refractivity contribution in [3.05, 3.63) is 81.6 Å². The van der Waals surface area contributed by atoms with E-state index in [-0.39, 0.29) is 12.2 Å². The Kier molecular flexibility index (Phi) is 6.70. The van der Waals surface area contributed by atoms with Crippen LogP contribution in [0.15, 0.2) is 59.1 Å². The molecule has 5 heteroatoms. The van der Waals surface area contributed by atoms with Crippen molar-refractivity contribution < 1.29 is 14.6 Å². The Bertz CT molecular complexity index is 1010. The first kappa shape index (κ1) is 21.1. The van der Waals surface area contributed by atoms with E-state index in [1.165, 1.54) is 0 Å². The van der Waals surface area contributed by atoms with Crippen molar-refractivity contribution in [2.45, 2.75) is 33.8 Å². The van der Waals surface area contributed by atoms with Gasteiger partial charge in [0.1, 0.15) is 12.4 Å². The van der Waals surface area contributed by atoms with Gasteiger partial charge in [0.25, 0.3) is 0 Å². The number of carbonyl (C=O) groups is 1. The zero-order chi connectivity index (χ0) is 21.0. The maximum atomic E-state index is 12.0. The molecule has 0 radical (unpaired) electrons. The highest BCUT2D eigenvalue weighted by molar-refractivity contribution is 9.10. The summed E-state index contributed by atoms with van der Waals surface area (Å²) in [5.74, 6) is 0.0817. The van der Waals surface area contributed by atoms with Gasteiger partial charge >= 0.3 is 5.97 Å². The van der Waals surface area contributed by atoms with E-state index < -0.39 is 5.97 Å². The van der Waals surface area contributed by atoms with Crippen molar-refractivity contribution in [3.8, 4) is 16.9 Å². The zero-order valence-electron chi connectivity index (χ0n) is 16.8. The second-order valence-corrected chi connectivity index (χ2v) is 8.41. The van der Waals surface area contributed by atoms with Crippen LogP contribution < -0.4 is 4.74 Å². The fourth-order valence-corrected chi connectivity index (χ4v) is 3.43. The molecule has 0 aliphatic carbocycles. The number of pyridine rings is 1. The van der Waals surface area contributed by atoms with Gasteiger partial charge in [0.15, 0.2) is 0 Å². The molecule has 1 heterocycles. The lowest BCUT2D eigenvalue weighted by Crippen LogP contribution is -2.12. The highest BCUT2D eigenvalue weighted by Crippen LogP contribution is 2.29. The number of hydrogen-bond donors (Lipinski definition) is 1. The molecule has 0 spiro atoms. The summed E-state index contributed by atoms with van der Waals surface area (Å²) < 4.78 is 6.83. The van der Waals surface area contributed by atoms with Gasteiger partial charge in [0.05, 0.1) is 11.3 Å². The molecule has 2 aromatic carbocycles. The van der Waals surface area contributed by atoms with Crippen molar-refractivity contribution in [1.82, 2.24) is 4.98 Å². The molecule has 0 unspecified atom stereocenters. The summed E-state index contributed by atoms with van der Waals surface area (Å²) in [5.41, 5.74) is 4.38. The van der Waals surface area contributed by atoms with E-state index in [1.807, 2.05) is 55.5 Å². The van der Waals surface area contributed by atoms with Crippen LogP contribution >= 0.6 is 15.9 Å². The van der Waals surface area contributed by atoms with E-state index in [0.717, 1.165) is 33.3 Å². The van der Waals surface area contributed by atoms with Gasteiger partial charge in [-0.1, -0.05) is 54.0 Å². The van der Waals surface area contributed by atoms with E-state index in [4.69, 9.17) is 9.72 Å². The first-order valence-corrected chi connectivity index (χ1v) is 10.3. The minimum Gasteiger partial charge on any atom is -0.487 e. The average Bonchev–Trinajstić information content (AvgIpc) is 2.66. The molecule has 1 N–H and O–H groups in total. The predicted octanol–water partition coefficient (Wildman–Crippen LogP) is 6.30. The highest BCUT2D eigenvalue weighted by atomic mass is 79.9. The Labute approximate surface area is 179 Å². The molecule has 3 rings (SSSR count). The number of carboxylic acids is 1. The van der Waals surface area contributed by atoms with Crippen molar-refractivity contribution in [2.24, 2.45) is 5.92 Å². The Morgan fingerprint density at radius 1 is 1.10 bits per heavy atom. The van der Waals surface area contributed by atoms with Gasteiger partial charge in [-0.25, -0.2) is 4.79 Å². The summed E-state index contributed by atoms with van der Waals surface area (Å²) in [6.45, 7) is 6.35. The van der Waals surface area contributed by atoms with Crippen molar-refractivity contribution >= 4 is 21.9 Å². The van der Waals surface area contributed by atoms with Gasteiger partial charge in [-0.3, -0.25) is 4.98 Å². The predicted molar refractivity (Wildman–Crippen MR) is 118 cm³/mol. The monoisotopic (exact) mass is 453 g/mol.